The maximum atomic E-state index is 12.3. The van der Waals surface area contributed by atoms with Crippen molar-refractivity contribution in [2.24, 2.45) is 5.92 Å². The third kappa shape index (κ3) is 4.60. The molecule has 1 aliphatic rings. The maximum absolute atomic E-state index is 12.3. The van der Waals surface area contributed by atoms with Crippen LogP contribution in [0.5, 0.6) is 5.75 Å². The molecule has 0 spiro atoms. The first-order chi connectivity index (χ1) is 11.8. The van der Waals surface area contributed by atoms with Gasteiger partial charge in [-0.15, -0.1) is 0 Å². The summed E-state index contributed by atoms with van der Waals surface area (Å²) in [6, 6.07) is 18.5. The van der Waals surface area contributed by atoms with Gasteiger partial charge in [0.05, 0.1) is 13.2 Å². The Morgan fingerprint density at radius 1 is 1.12 bits per heavy atom. The predicted octanol–water partition coefficient (Wildman–Crippen LogP) is 4.29. The standard InChI is InChI=1S/C21H25NO2/c1-24-19-14-12-18(13-15-19)21(17-10-11-17)22-20(23)9-5-8-16-6-3-2-4-7-16/h2-4,6-7,12-15,17,21H,5,8-11H2,1H3,(H,22,23)/t21-/m0/s1. The molecule has 2 aromatic rings. The number of carbonyl (C=O) groups is 1. The average Bonchev–Trinajstić information content (AvgIpc) is 3.46. The number of rotatable bonds is 8. The van der Waals surface area contributed by atoms with E-state index in [0.717, 1.165) is 18.6 Å². The van der Waals surface area contributed by atoms with Crippen LogP contribution in [0.15, 0.2) is 54.6 Å². The summed E-state index contributed by atoms with van der Waals surface area (Å²) in [6.45, 7) is 0. The molecule has 126 valence electrons. The summed E-state index contributed by atoms with van der Waals surface area (Å²) in [5, 5.41) is 3.24. The zero-order valence-electron chi connectivity index (χ0n) is 14.2. The molecule has 0 unspecified atom stereocenters. The van der Waals surface area contributed by atoms with Crippen molar-refractivity contribution >= 4 is 5.91 Å². The summed E-state index contributed by atoms with van der Waals surface area (Å²) in [6.07, 6.45) is 4.80. The minimum atomic E-state index is 0.139. The number of aryl methyl sites for hydroxylation is 1. The van der Waals surface area contributed by atoms with Gasteiger partial charge in [-0.2, -0.15) is 0 Å². The van der Waals surface area contributed by atoms with Crippen molar-refractivity contribution in [2.75, 3.05) is 7.11 Å². The molecule has 3 nitrogen and oxygen atoms in total. The van der Waals surface area contributed by atoms with Crippen molar-refractivity contribution in [3.8, 4) is 5.75 Å². The first kappa shape index (κ1) is 16.6. The van der Waals surface area contributed by atoms with Gasteiger partial charge >= 0.3 is 0 Å². The smallest absolute Gasteiger partial charge is 0.220 e. The summed E-state index contributed by atoms with van der Waals surface area (Å²) in [5.41, 5.74) is 2.47. The van der Waals surface area contributed by atoms with Gasteiger partial charge in [0.1, 0.15) is 5.75 Å². The van der Waals surface area contributed by atoms with E-state index in [1.54, 1.807) is 7.11 Å². The van der Waals surface area contributed by atoms with E-state index in [4.69, 9.17) is 4.74 Å². The quantitative estimate of drug-likeness (QED) is 0.787. The van der Waals surface area contributed by atoms with Crippen LogP contribution >= 0.6 is 0 Å². The Bertz CT molecular complexity index is 647. The number of hydrogen-bond acceptors (Lipinski definition) is 2. The van der Waals surface area contributed by atoms with Crippen LogP contribution in [-0.4, -0.2) is 13.0 Å². The summed E-state index contributed by atoms with van der Waals surface area (Å²) in [5.74, 6) is 1.58. The highest BCUT2D eigenvalue weighted by molar-refractivity contribution is 5.76. The molecule has 3 rings (SSSR count). The molecule has 0 aliphatic heterocycles. The lowest BCUT2D eigenvalue weighted by molar-refractivity contribution is -0.122. The van der Waals surface area contributed by atoms with E-state index in [9.17, 15) is 4.79 Å². The average molecular weight is 323 g/mol. The fraction of sp³-hybridized carbons (Fsp3) is 0.381. The van der Waals surface area contributed by atoms with Crippen LogP contribution in [-0.2, 0) is 11.2 Å². The molecule has 0 bridgehead atoms. The van der Waals surface area contributed by atoms with Crippen LogP contribution < -0.4 is 10.1 Å². The lowest BCUT2D eigenvalue weighted by Crippen LogP contribution is -2.29. The number of amides is 1. The Hall–Kier alpha value is -2.29. The largest absolute Gasteiger partial charge is 0.497 e. The van der Waals surface area contributed by atoms with E-state index in [2.05, 4.69) is 29.6 Å². The van der Waals surface area contributed by atoms with Crippen LogP contribution in [0.3, 0.4) is 0 Å². The minimum Gasteiger partial charge on any atom is -0.497 e. The van der Waals surface area contributed by atoms with Crippen LogP contribution in [0.25, 0.3) is 0 Å². The second kappa shape index (κ2) is 8.00. The van der Waals surface area contributed by atoms with E-state index < -0.39 is 0 Å². The Labute approximate surface area is 144 Å². The van der Waals surface area contributed by atoms with Gasteiger partial charge in [-0.1, -0.05) is 42.5 Å². The molecular formula is C21H25NO2. The molecule has 3 heteroatoms. The highest BCUT2D eigenvalue weighted by Crippen LogP contribution is 2.41. The number of methoxy groups -OCH3 is 1. The fourth-order valence-corrected chi connectivity index (χ4v) is 3.06. The second-order valence-electron chi connectivity index (χ2n) is 6.49. The molecule has 0 aromatic heterocycles. The van der Waals surface area contributed by atoms with Gasteiger partial charge in [-0.05, 0) is 54.9 Å². The highest BCUT2D eigenvalue weighted by atomic mass is 16.5. The number of hydrogen-bond donors (Lipinski definition) is 1. The number of carbonyl (C=O) groups excluding carboxylic acids is 1. The third-order valence-electron chi connectivity index (χ3n) is 4.60. The highest BCUT2D eigenvalue weighted by Gasteiger charge is 2.33. The van der Waals surface area contributed by atoms with Gasteiger partial charge in [0, 0.05) is 6.42 Å². The Morgan fingerprint density at radius 2 is 1.83 bits per heavy atom. The maximum Gasteiger partial charge on any atom is 0.220 e. The van der Waals surface area contributed by atoms with E-state index in [1.165, 1.54) is 24.0 Å². The lowest BCUT2D eigenvalue weighted by atomic mass is 10.0. The van der Waals surface area contributed by atoms with Crippen molar-refractivity contribution in [2.45, 2.75) is 38.1 Å². The number of nitrogens with one attached hydrogen (secondary N) is 1. The summed E-state index contributed by atoms with van der Waals surface area (Å²) in [7, 11) is 1.67. The van der Waals surface area contributed by atoms with Gasteiger partial charge in [0.2, 0.25) is 5.91 Å². The first-order valence-corrected chi connectivity index (χ1v) is 8.73. The molecular weight excluding hydrogens is 298 g/mol. The monoisotopic (exact) mass is 323 g/mol. The molecule has 1 saturated carbocycles. The molecule has 1 atom stereocenters. The van der Waals surface area contributed by atoms with E-state index >= 15 is 0 Å². The molecule has 1 aliphatic carbocycles. The van der Waals surface area contributed by atoms with Crippen LogP contribution in [0.2, 0.25) is 0 Å². The van der Waals surface area contributed by atoms with Crippen LogP contribution in [0.1, 0.15) is 42.9 Å². The van der Waals surface area contributed by atoms with Crippen molar-refractivity contribution in [1.29, 1.82) is 0 Å². The number of ether oxygens (including phenoxy) is 1. The Kier molecular flexibility index (Phi) is 5.52. The van der Waals surface area contributed by atoms with Gasteiger partial charge < -0.3 is 10.1 Å². The minimum absolute atomic E-state index is 0.139. The second-order valence-corrected chi connectivity index (χ2v) is 6.49. The van der Waals surface area contributed by atoms with Gasteiger partial charge in [-0.25, -0.2) is 0 Å². The van der Waals surface area contributed by atoms with Crippen molar-refractivity contribution < 1.29 is 9.53 Å². The SMILES string of the molecule is COc1ccc([C@@H](NC(=O)CCCc2ccccc2)C2CC2)cc1. The number of benzene rings is 2. The van der Waals surface area contributed by atoms with Crippen LogP contribution in [0, 0.1) is 5.92 Å². The third-order valence-corrected chi connectivity index (χ3v) is 4.60. The van der Waals surface area contributed by atoms with Crippen LogP contribution in [0.4, 0.5) is 0 Å². The Morgan fingerprint density at radius 3 is 2.46 bits per heavy atom. The molecule has 24 heavy (non-hydrogen) atoms. The zero-order chi connectivity index (χ0) is 16.8. The topological polar surface area (TPSA) is 38.3 Å². The van der Waals surface area contributed by atoms with Gasteiger partial charge in [0.15, 0.2) is 0 Å². The molecule has 1 amide bonds. The fourth-order valence-electron chi connectivity index (χ4n) is 3.06. The summed E-state index contributed by atoms with van der Waals surface area (Å²) < 4.78 is 5.21. The zero-order valence-corrected chi connectivity index (χ0v) is 14.2. The molecule has 0 saturated heterocycles. The van der Waals surface area contributed by atoms with Crippen molar-refractivity contribution in [3.05, 3.63) is 65.7 Å². The molecule has 0 heterocycles. The normalized spacial score (nSPS) is 14.9. The van der Waals surface area contributed by atoms with Gasteiger partial charge in [0.25, 0.3) is 0 Å². The predicted molar refractivity (Wildman–Crippen MR) is 96.0 cm³/mol. The summed E-state index contributed by atoms with van der Waals surface area (Å²) in [4.78, 5) is 12.3. The Balaban J connectivity index is 1.52. The first-order valence-electron chi connectivity index (χ1n) is 8.73. The van der Waals surface area contributed by atoms with E-state index in [0.29, 0.717) is 12.3 Å². The van der Waals surface area contributed by atoms with E-state index in [-0.39, 0.29) is 11.9 Å². The molecule has 0 radical (unpaired) electrons. The molecule has 1 N–H and O–H groups in total. The van der Waals surface area contributed by atoms with Crippen molar-refractivity contribution in [3.63, 3.8) is 0 Å². The molecule has 1 fully saturated rings. The van der Waals surface area contributed by atoms with E-state index in [1.807, 2.05) is 30.3 Å². The summed E-state index contributed by atoms with van der Waals surface area (Å²) >= 11 is 0. The lowest BCUT2D eigenvalue weighted by Gasteiger charge is -2.19. The van der Waals surface area contributed by atoms with Gasteiger partial charge in [-0.3, -0.25) is 4.79 Å². The molecule has 2 aromatic carbocycles. The van der Waals surface area contributed by atoms with Crippen molar-refractivity contribution in [1.82, 2.24) is 5.32 Å².